The highest BCUT2D eigenvalue weighted by Crippen LogP contribution is 2.10. The van der Waals surface area contributed by atoms with Crippen molar-refractivity contribution in [3.05, 3.63) is 35.9 Å². The van der Waals surface area contributed by atoms with Crippen LogP contribution in [-0.4, -0.2) is 24.7 Å². The van der Waals surface area contributed by atoms with Gasteiger partial charge in [0.25, 0.3) is 0 Å². The highest BCUT2D eigenvalue weighted by atomic mass is 19.1. The van der Waals surface area contributed by atoms with Crippen molar-refractivity contribution in [3.63, 3.8) is 0 Å². The Kier molecular flexibility index (Phi) is 5.33. The maximum atomic E-state index is 12.8. The summed E-state index contributed by atoms with van der Waals surface area (Å²) in [4.78, 5) is 2.10. The molecule has 1 atom stereocenters. The molecule has 0 aromatic heterocycles. The third-order valence-electron chi connectivity index (χ3n) is 2.70. The van der Waals surface area contributed by atoms with Crippen molar-refractivity contribution in [2.75, 3.05) is 13.7 Å². The predicted octanol–water partition coefficient (Wildman–Crippen LogP) is 3.26. The van der Waals surface area contributed by atoms with E-state index in [9.17, 15) is 4.39 Å². The Morgan fingerprint density at radius 3 is 2.47 bits per heavy atom. The Labute approximate surface area is 91.9 Å². The molecule has 1 rings (SSSR count). The molecule has 0 N–H and O–H groups in total. The number of hydrogen-bond donors (Lipinski definition) is 0. The second kappa shape index (κ2) is 6.57. The number of halogens is 1. The maximum absolute atomic E-state index is 12.8. The van der Waals surface area contributed by atoms with Crippen LogP contribution in [0.2, 0.25) is 0 Å². The molecular weight excluding hydrogens is 189 g/mol. The summed E-state index contributed by atoms with van der Waals surface area (Å²) in [7, 11) is 1.99. The van der Waals surface area contributed by atoms with Gasteiger partial charge in [-0.2, -0.15) is 0 Å². The van der Waals surface area contributed by atoms with Crippen molar-refractivity contribution in [2.45, 2.75) is 32.4 Å². The summed E-state index contributed by atoms with van der Waals surface area (Å²) < 4.78 is 12.8. The van der Waals surface area contributed by atoms with Crippen molar-refractivity contribution in [2.24, 2.45) is 0 Å². The van der Waals surface area contributed by atoms with Crippen molar-refractivity contribution in [3.8, 4) is 0 Å². The molecule has 2 heteroatoms. The lowest BCUT2D eigenvalue weighted by Gasteiger charge is -2.25. The van der Waals surface area contributed by atoms with Crippen LogP contribution < -0.4 is 0 Å². The lowest BCUT2D eigenvalue weighted by Crippen LogP contribution is -2.32. The fraction of sp³-hybridized carbons (Fsp3) is 0.538. The molecule has 0 heterocycles. The van der Waals surface area contributed by atoms with E-state index in [4.69, 9.17) is 0 Å². The SMILES string of the molecule is CCCC(CF)N(C)Cc1ccccc1. The van der Waals surface area contributed by atoms with Crippen LogP contribution in [0, 0.1) is 0 Å². The highest BCUT2D eigenvalue weighted by Gasteiger charge is 2.13. The zero-order valence-corrected chi connectivity index (χ0v) is 9.62. The first-order valence-electron chi connectivity index (χ1n) is 5.58. The summed E-state index contributed by atoms with van der Waals surface area (Å²) in [5.41, 5.74) is 1.24. The van der Waals surface area contributed by atoms with E-state index in [2.05, 4.69) is 24.0 Å². The van der Waals surface area contributed by atoms with Crippen molar-refractivity contribution >= 4 is 0 Å². The van der Waals surface area contributed by atoms with E-state index < -0.39 is 0 Å². The van der Waals surface area contributed by atoms with E-state index in [0.717, 1.165) is 19.4 Å². The second-order valence-electron chi connectivity index (χ2n) is 4.00. The molecule has 0 saturated carbocycles. The van der Waals surface area contributed by atoms with Gasteiger partial charge in [0.05, 0.1) is 0 Å². The van der Waals surface area contributed by atoms with Crippen LogP contribution in [0.5, 0.6) is 0 Å². The monoisotopic (exact) mass is 209 g/mol. The van der Waals surface area contributed by atoms with Gasteiger partial charge >= 0.3 is 0 Å². The first kappa shape index (κ1) is 12.2. The third-order valence-corrected chi connectivity index (χ3v) is 2.70. The first-order chi connectivity index (χ1) is 7.27. The highest BCUT2D eigenvalue weighted by molar-refractivity contribution is 5.14. The fourth-order valence-electron chi connectivity index (χ4n) is 1.75. The van der Waals surface area contributed by atoms with Gasteiger partial charge in [0.15, 0.2) is 0 Å². The van der Waals surface area contributed by atoms with Crippen LogP contribution in [0.25, 0.3) is 0 Å². The van der Waals surface area contributed by atoms with Gasteiger partial charge in [-0.25, -0.2) is 4.39 Å². The van der Waals surface area contributed by atoms with E-state index in [-0.39, 0.29) is 12.7 Å². The van der Waals surface area contributed by atoms with Crippen molar-refractivity contribution < 1.29 is 4.39 Å². The van der Waals surface area contributed by atoms with Crippen LogP contribution in [0.15, 0.2) is 30.3 Å². The van der Waals surface area contributed by atoms with Gasteiger partial charge in [-0.05, 0) is 19.0 Å². The smallest absolute Gasteiger partial charge is 0.105 e. The molecule has 0 fully saturated rings. The van der Waals surface area contributed by atoms with Gasteiger partial charge < -0.3 is 0 Å². The molecule has 0 radical (unpaired) electrons. The topological polar surface area (TPSA) is 3.24 Å². The van der Waals surface area contributed by atoms with Crippen LogP contribution in [0.3, 0.4) is 0 Å². The number of rotatable bonds is 6. The van der Waals surface area contributed by atoms with Crippen LogP contribution in [-0.2, 0) is 6.54 Å². The van der Waals surface area contributed by atoms with Gasteiger partial charge in [-0.1, -0.05) is 43.7 Å². The Bertz CT molecular complexity index is 260. The second-order valence-corrected chi connectivity index (χ2v) is 4.00. The van der Waals surface area contributed by atoms with E-state index in [1.54, 1.807) is 0 Å². The number of alkyl halides is 1. The Morgan fingerprint density at radius 1 is 1.27 bits per heavy atom. The molecule has 1 aromatic rings. The summed E-state index contributed by atoms with van der Waals surface area (Å²) in [6, 6.07) is 10.3. The normalized spacial score (nSPS) is 13.1. The minimum Gasteiger partial charge on any atom is -0.297 e. The zero-order chi connectivity index (χ0) is 11.1. The fourth-order valence-corrected chi connectivity index (χ4v) is 1.75. The molecule has 0 aliphatic carbocycles. The average Bonchev–Trinajstić information content (AvgIpc) is 2.27. The minimum absolute atomic E-state index is 0.0650. The molecule has 1 aromatic carbocycles. The maximum Gasteiger partial charge on any atom is 0.105 e. The minimum atomic E-state index is -0.253. The Hall–Kier alpha value is -0.890. The van der Waals surface area contributed by atoms with Crippen molar-refractivity contribution in [1.29, 1.82) is 0 Å². The molecular formula is C13H20FN. The van der Waals surface area contributed by atoms with E-state index in [1.807, 2.05) is 25.2 Å². The van der Waals surface area contributed by atoms with Gasteiger partial charge in [-0.3, -0.25) is 4.90 Å². The first-order valence-corrected chi connectivity index (χ1v) is 5.58. The molecule has 0 aliphatic rings. The van der Waals surface area contributed by atoms with Crippen LogP contribution in [0.1, 0.15) is 25.3 Å². The Balaban J connectivity index is 2.50. The molecule has 0 spiro atoms. The molecule has 1 nitrogen and oxygen atoms in total. The summed E-state index contributed by atoms with van der Waals surface area (Å²) in [5, 5.41) is 0. The number of benzene rings is 1. The van der Waals surface area contributed by atoms with Gasteiger partial charge in [-0.15, -0.1) is 0 Å². The van der Waals surface area contributed by atoms with E-state index in [0.29, 0.717) is 0 Å². The number of nitrogens with zero attached hydrogens (tertiary/aromatic N) is 1. The molecule has 84 valence electrons. The van der Waals surface area contributed by atoms with Crippen LogP contribution in [0.4, 0.5) is 4.39 Å². The average molecular weight is 209 g/mol. The van der Waals surface area contributed by atoms with E-state index in [1.165, 1.54) is 5.56 Å². The lowest BCUT2D eigenvalue weighted by molar-refractivity contribution is 0.183. The quantitative estimate of drug-likeness (QED) is 0.695. The molecule has 0 saturated heterocycles. The summed E-state index contributed by atoms with van der Waals surface area (Å²) in [6.45, 7) is 2.67. The molecule has 0 amide bonds. The zero-order valence-electron chi connectivity index (χ0n) is 9.62. The largest absolute Gasteiger partial charge is 0.297 e. The molecule has 0 aliphatic heterocycles. The molecule has 15 heavy (non-hydrogen) atoms. The number of hydrogen-bond acceptors (Lipinski definition) is 1. The third kappa shape index (κ3) is 4.00. The van der Waals surface area contributed by atoms with Crippen LogP contribution >= 0.6 is 0 Å². The predicted molar refractivity (Wildman–Crippen MR) is 62.6 cm³/mol. The Morgan fingerprint density at radius 2 is 1.93 bits per heavy atom. The van der Waals surface area contributed by atoms with Gasteiger partial charge in [0, 0.05) is 12.6 Å². The van der Waals surface area contributed by atoms with E-state index >= 15 is 0 Å². The summed E-state index contributed by atoms with van der Waals surface area (Å²) in [5.74, 6) is 0. The molecule has 1 unspecified atom stereocenters. The van der Waals surface area contributed by atoms with Gasteiger partial charge in [0.2, 0.25) is 0 Å². The molecule has 0 bridgehead atoms. The standard InChI is InChI=1S/C13H20FN/c1-3-7-13(10-14)15(2)11-12-8-5-4-6-9-12/h4-6,8-9,13H,3,7,10-11H2,1-2H3. The van der Waals surface area contributed by atoms with Gasteiger partial charge in [0.1, 0.15) is 6.67 Å². The lowest BCUT2D eigenvalue weighted by atomic mass is 10.1. The van der Waals surface area contributed by atoms with Crippen molar-refractivity contribution in [1.82, 2.24) is 4.90 Å². The summed E-state index contributed by atoms with van der Waals surface area (Å²) >= 11 is 0. The summed E-state index contributed by atoms with van der Waals surface area (Å²) in [6.07, 6.45) is 1.97.